The number of hydrogen-bond donors (Lipinski definition) is 1. The average Bonchev–Trinajstić information content (AvgIpc) is 2.52. The van der Waals surface area contributed by atoms with Crippen LogP contribution in [0.1, 0.15) is 22.8 Å². The Labute approximate surface area is 85.8 Å². The van der Waals surface area contributed by atoms with Gasteiger partial charge in [0, 0.05) is 10.1 Å². The topological polar surface area (TPSA) is 37.3 Å². The molecule has 2 rings (SSSR count). The SMILES string of the molecule is CCc1cccc2sc(O)c(C=O)c12. The molecule has 0 spiro atoms. The number of fused-ring (bicyclic) bond motifs is 1. The van der Waals surface area contributed by atoms with E-state index in [4.69, 9.17) is 0 Å². The highest BCUT2D eigenvalue weighted by molar-refractivity contribution is 7.21. The summed E-state index contributed by atoms with van der Waals surface area (Å²) >= 11 is 1.26. The summed E-state index contributed by atoms with van der Waals surface area (Å²) < 4.78 is 0.976. The van der Waals surface area contributed by atoms with Crippen molar-refractivity contribution in [3.05, 3.63) is 29.3 Å². The van der Waals surface area contributed by atoms with Gasteiger partial charge >= 0.3 is 0 Å². The van der Waals surface area contributed by atoms with Crippen LogP contribution >= 0.6 is 11.3 Å². The maximum atomic E-state index is 10.8. The molecular formula is C11H10O2S. The minimum absolute atomic E-state index is 0.121. The largest absolute Gasteiger partial charge is 0.499 e. The van der Waals surface area contributed by atoms with Gasteiger partial charge < -0.3 is 5.11 Å². The third kappa shape index (κ3) is 1.21. The van der Waals surface area contributed by atoms with Crippen molar-refractivity contribution < 1.29 is 9.90 Å². The summed E-state index contributed by atoms with van der Waals surface area (Å²) in [5.41, 5.74) is 1.55. The van der Waals surface area contributed by atoms with E-state index < -0.39 is 0 Å². The van der Waals surface area contributed by atoms with E-state index >= 15 is 0 Å². The van der Waals surface area contributed by atoms with E-state index in [2.05, 4.69) is 0 Å². The van der Waals surface area contributed by atoms with Gasteiger partial charge in [0.25, 0.3) is 0 Å². The lowest BCUT2D eigenvalue weighted by atomic mass is 10.1. The molecule has 0 saturated heterocycles. The van der Waals surface area contributed by atoms with Crippen molar-refractivity contribution >= 4 is 27.7 Å². The Bertz CT molecular complexity index is 485. The van der Waals surface area contributed by atoms with Crippen LogP contribution in [0.3, 0.4) is 0 Å². The molecule has 0 aliphatic heterocycles. The van der Waals surface area contributed by atoms with Crippen LogP contribution in [0.5, 0.6) is 5.06 Å². The second-order valence-electron chi connectivity index (χ2n) is 3.08. The van der Waals surface area contributed by atoms with Crippen molar-refractivity contribution in [2.45, 2.75) is 13.3 Å². The van der Waals surface area contributed by atoms with Crippen molar-refractivity contribution in [2.24, 2.45) is 0 Å². The molecule has 2 aromatic rings. The smallest absolute Gasteiger partial charge is 0.183 e. The van der Waals surface area contributed by atoms with Gasteiger partial charge in [0.05, 0.1) is 5.56 Å². The van der Waals surface area contributed by atoms with Gasteiger partial charge in [0.1, 0.15) is 0 Å². The maximum Gasteiger partial charge on any atom is 0.183 e. The Morgan fingerprint density at radius 2 is 2.29 bits per heavy atom. The summed E-state index contributed by atoms with van der Waals surface area (Å²) in [6, 6.07) is 5.86. The highest BCUT2D eigenvalue weighted by Crippen LogP contribution is 2.37. The maximum absolute atomic E-state index is 10.8. The lowest BCUT2D eigenvalue weighted by Crippen LogP contribution is -1.84. The molecular weight excluding hydrogens is 196 g/mol. The van der Waals surface area contributed by atoms with Crippen LogP contribution in [-0.2, 0) is 6.42 Å². The number of thiophene rings is 1. The Morgan fingerprint density at radius 3 is 2.93 bits per heavy atom. The highest BCUT2D eigenvalue weighted by atomic mass is 32.1. The molecule has 1 aromatic carbocycles. The predicted molar refractivity (Wildman–Crippen MR) is 58.3 cm³/mol. The zero-order valence-electron chi connectivity index (χ0n) is 7.78. The van der Waals surface area contributed by atoms with Crippen LogP contribution in [0.25, 0.3) is 10.1 Å². The normalized spacial score (nSPS) is 10.6. The zero-order valence-corrected chi connectivity index (χ0v) is 8.60. The summed E-state index contributed by atoms with van der Waals surface area (Å²) in [7, 11) is 0. The first-order valence-corrected chi connectivity index (χ1v) is 5.28. The summed E-state index contributed by atoms with van der Waals surface area (Å²) in [6.45, 7) is 2.04. The van der Waals surface area contributed by atoms with Gasteiger partial charge in [-0.25, -0.2) is 0 Å². The van der Waals surface area contributed by atoms with Crippen LogP contribution in [0, 0.1) is 0 Å². The third-order valence-corrected chi connectivity index (χ3v) is 3.29. The number of carbonyl (C=O) groups is 1. The van der Waals surface area contributed by atoms with Crippen molar-refractivity contribution in [1.82, 2.24) is 0 Å². The molecule has 0 unspecified atom stereocenters. The molecule has 0 atom stereocenters. The predicted octanol–water partition coefficient (Wildman–Crippen LogP) is 2.98. The van der Waals surface area contributed by atoms with Crippen LogP contribution < -0.4 is 0 Å². The number of aromatic hydroxyl groups is 1. The fourth-order valence-corrected chi connectivity index (χ4v) is 2.60. The van der Waals surface area contributed by atoms with Crippen LogP contribution in [-0.4, -0.2) is 11.4 Å². The van der Waals surface area contributed by atoms with Crippen molar-refractivity contribution in [1.29, 1.82) is 0 Å². The van der Waals surface area contributed by atoms with E-state index in [1.54, 1.807) is 0 Å². The third-order valence-electron chi connectivity index (χ3n) is 2.32. The van der Waals surface area contributed by atoms with Gasteiger partial charge in [-0.2, -0.15) is 0 Å². The Kier molecular flexibility index (Phi) is 2.25. The molecule has 14 heavy (non-hydrogen) atoms. The number of rotatable bonds is 2. The number of benzene rings is 1. The molecule has 0 amide bonds. The fraction of sp³-hybridized carbons (Fsp3) is 0.182. The van der Waals surface area contributed by atoms with E-state index in [-0.39, 0.29) is 5.06 Å². The summed E-state index contributed by atoms with van der Waals surface area (Å²) in [6.07, 6.45) is 1.60. The van der Waals surface area contributed by atoms with Gasteiger partial charge in [-0.15, -0.1) is 0 Å². The molecule has 0 aliphatic carbocycles. The second-order valence-corrected chi connectivity index (χ2v) is 4.11. The van der Waals surface area contributed by atoms with Gasteiger partial charge in [0.2, 0.25) is 0 Å². The van der Waals surface area contributed by atoms with Crippen molar-refractivity contribution in [3.8, 4) is 5.06 Å². The van der Waals surface area contributed by atoms with E-state index in [0.29, 0.717) is 5.56 Å². The van der Waals surface area contributed by atoms with Crippen molar-refractivity contribution in [2.75, 3.05) is 0 Å². The molecule has 2 nitrogen and oxygen atoms in total. The molecule has 0 saturated carbocycles. The zero-order chi connectivity index (χ0) is 10.1. The minimum atomic E-state index is 0.121. The Balaban J connectivity index is 2.89. The lowest BCUT2D eigenvalue weighted by Gasteiger charge is -1.98. The van der Waals surface area contributed by atoms with Crippen LogP contribution in [0.4, 0.5) is 0 Å². The first kappa shape index (κ1) is 9.21. The number of carbonyl (C=O) groups excluding carboxylic acids is 1. The van der Waals surface area contributed by atoms with Gasteiger partial charge in [0.15, 0.2) is 11.3 Å². The van der Waals surface area contributed by atoms with E-state index in [0.717, 1.165) is 28.4 Å². The summed E-state index contributed by atoms with van der Waals surface area (Å²) in [4.78, 5) is 10.8. The standard InChI is InChI=1S/C11H10O2S/c1-2-7-4-3-5-9-10(7)8(6-12)11(13)14-9/h3-6,13H,2H2,1H3. The first-order valence-electron chi connectivity index (χ1n) is 4.46. The molecule has 3 heteroatoms. The van der Waals surface area contributed by atoms with E-state index in [1.807, 2.05) is 25.1 Å². The summed E-state index contributed by atoms with van der Waals surface area (Å²) in [5.74, 6) is 0. The van der Waals surface area contributed by atoms with Crippen LogP contribution in [0.2, 0.25) is 0 Å². The van der Waals surface area contributed by atoms with Crippen molar-refractivity contribution in [3.63, 3.8) is 0 Å². The molecule has 0 radical (unpaired) electrons. The molecule has 0 fully saturated rings. The molecule has 72 valence electrons. The molecule has 1 N–H and O–H groups in total. The minimum Gasteiger partial charge on any atom is -0.499 e. The molecule has 0 aliphatic rings. The number of aldehydes is 1. The monoisotopic (exact) mass is 206 g/mol. The number of hydrogen-bond acceptors (Lipinski definition) is 3. The number of aryl methyl sites for hydroxylation is 1. The Morgan fingerprint density at radius 1 is 1.50 bits per heavy atom. The Hall–Kier alpha value is -1.35. The quantitative estimate of drug-likeness (QED) is 0.767. The van der Waals surface area contributed by atoms with Gasteiger partial charge in [-0.05, 0) is 18.1 Å². The second kappa shape index (κ2) is 3.42. The first-order chi connectivity index (χ1) is 6.77. The summed E-state index contributed by atoms with van der Waals surface area (Å²) in [5, 5.41) is 10.6. The molecule has 1 heterocycles. The molecule has 0 bridgehead atoms. The van der Waals surface area contributed by atoms with Gasteiger partial charge in [-0.3, -0.25) is 4.79 Å². The van der Waals surface area contributed by atoms with Crippen LogP contribution in [0.15, 0.2) is 18.2 Å². The van der Waals surface area contributed by atoms with E-state index in [9.17, 15) is 9.90 Å². The average molecular weight is 206 g/mol. The van der Waals surface area contributed by atoms with Gasteiger partial charge in [-0.1, -0.05) is 30.4 Å². The fourth-order valence-electron chi connectivity index (χ4n) is 1.64. The molecule has 1 aromatic heterocycles. The van der Waals surface area contributed by atoms with E-state index in [1.165, 1.54) is 11.3 Å². The lowest BCUT2D eigenvalue weighted by molar-refractivity contribution is 0.112. The highest BCUT2D eigenvalue weighted by Gasteiger charge is 2.12.